The maximum atomic E-state index is 12.5. The minimum absolute atomic E-state index is 0.0292. The van der Waals surface area contributed by atoms with Gasteiger partial charge in [0.05, 0.1) is 0 Å². The van der Waals surface area contributed by atoms with E-state index in [-0.39, 0.29) is 17.7 Å². The van der Waals surface area contributed by atoms with Gasteiger partial charge in [-0.2, -0.15) is 0 Å². The Balaban J connectivity index is 1.60. The Morgan fingerprint density at radius 2 is 1.84 bits per heavy atom. The molecule has 4 nitrogen and oxygen atoms in total. The third kappa shape index (κ3) is 4.08. The second-order valence-electron chi connectivity index (χ2n) is 6.83. The number of fused-ring (bicyclic) bond motifs is 1. The number of benzene rings is 2. The number of carbonyl (C=O) groups excluding carboxylic acids is 2. The molecule has 0 aromatic heterocycles. The molecule has 0 radical (unpaired) electrons. The van der Waals surface area contributed by atoms with Crippen molar-refractivity contribution in [3.63, 3.8) is 0 Å². The number of hydrogen-bond donors (Lipinski definition) is 1. The zero-order chi connectivity index (χ0) is 17.8. The zero-order valence-electron chi connectivity index (χ0n) is 14.8. The topological polar surface area (TPSA) is 49.4 Å². The third-order valence-electron chi connectivity index (χ3n) is 4.76. The fourth-order valence-electron chi connectivity index (χ4n) is 3.33. The van der Waals surface area contributed by atoms with Gasteiger partial charge in [-0.25, -0.2) is 0 Å². The molecule has 0 spiro atoms. The summed E-state index contributed by atoms with van der Waals surface area (Å²) in [6.07, 6.45) is 2.66. The molecule has 3 rings (SSSR count). The Labute approximate surface area is 148 Å². The van der Waals surface area contributed by atoms with Crippen LogP contribution >= 0.6 is 0 Å². The van der Waals surface area contributed by atoms with Crippen LogP contribution in [0.4, 0.5) is 0 Å². The van der Waals surface area contributed by atoms with E-state index in [1.807, 2.05) is 24.3 Å². The molecule has 1 unspecified atom stereocenters. The van der Waals surface area contributed by atoms with Crippen LogP contribution in [0, 0.1) is 5.92 Å². The highest BCUT2D eigenvalue weighted by atomic mass is 16.2. The van der Waals surface area contributed by atoms with Crippen LogP contribution in [0.1, 0.15) is 33.5 Å². The van der Waals surface area contributed by atoms with E-state index in [9.17, 15) is 9.59 Å². The predicted octanol–water partition coefficient (Wildman–Crippen LogP) is 2.81. The zero-order valence-corrected chi connectivity index (χ0v) is 14.8. The highest BCUT2D eigenvalue weighted by molar-refractivity contribution is 5.94. The number of nitrogens with zero attached hydrogens (tertiary/aromatic N) is 1. The summed E-state index contributed by atoms with van der Waals surface area (Å²) in [7, 11) is 3.47. The number of amides is 2. The maximum absolute atomic E-state index is 12.5. The minimum atomic E-state index is -0.0305. The van der Waals surface area contributed by atoms with Crippen molar-refractivity contribution >= 4 is 11.8 Å². The van der Waals surface area contributed by atoms with Crippen LogP contribution in [0.3, 0.4) is 0 Å². The van der Waals surface area contributed by atoms with Crippen molar-refractivity contribution in [2.24, 2.45) is 5.92 Å². The number of carbonyl (C=O) groups is 2. The van der Waals surface area contributed by atoms with Gasteiger partial charge >= 0.3 is 0 Å². The van der Waals surface area contributed by atoms with Crippen LogP contribution in [-0.2, 0) is 24.2 Å². The van der Waals surface area contributed by atoms with Crippen LogP contribution in [0.5, 0.6) is 0 Å². The van der Waals surface area contributed by atoms with Crippen LogP contribution in [-0.4, -0.2) is 30.8 Å². The normalized spacial score (nSPS) is 16.0. The maximum Gasteiger partial charge on any atom is 0.253 e. The number of aryl methyl sites for hydroxylation is 1. The highest BCUT2D eigenvalue weighted by Crippen LogP contribution is 2.25. The van der Waals surface area contributed by atoms with Crippen LogP contribution < -0.4 is 5.32 Å². The molecule has 2 aromatic rings. The number of hydrogen-bond acceptors (Lipinski definition) is 2. The summed E-state index contributed by atoms with van der Waals surface area (Å²) < 4.78 is 0. The van der Waals surface area contributed by atoms with Crippen LogP contribution in [0.2, 0.25) is 0 Å². The summed E-state index contributed by atoms with van der Waals surface area (Å²) in [5.74, 6) is 0.0948. The Kier molecular flexibility index (Phi) is 5.17. The van der Waals surface area contributed by atoms with Gasteiger partial charge in [0.2, 0.25) is 5.91 Å². The second kappa shape index (κ2) is 7.51. The quantitative estimate of drug-likeness (QED) is 0.933. The van der Waals surface area contributed by atoms with E-state index < -0.39 is 0 Å². The van der Waals surface area contributed by atoms with Crippen molar-refractivity contribution in [2.75, 3.05) is 14.1 Å². The van der Waals surface area contributed by atoms with Gasteiger partial charge in [-0.05, 0) is 48.1 Å². The molecule has 1 aliphatic rings. The van der Waals surface area contributed by atoms with Crippen molar-refractivity contribution in [2.45, 2.75) is 25.8 Å². The fourth-order valence-corrected chi connectivity index (χ4v) is 3.33. The molecule has 4 heteroatoms. The van der Waals surface area contributed by atoms with E-state index in [2.05, 4.69) is 23.5 Å². The minimum Gasteiger partial charge on any atom is -0.352 e. The van der Waals surface area contributed by atoms with Gasteiger partial charge in [0.1, 0.15) is 0 Å². The van der Waals surface area contributed by atoms with E-state index in [4.69, 9.17) is 0 Å². The molecule has 1 atom stereocenters. The molecule has 2 aromatic carbocycles. The van der Waals surface area contributed by atoms with Crippen LogP contribution in [0.25, 0.3) is 0 Å². The molecule has 0 saturated carbocycles. The van der Waals surface area contributed by atoms with Gasteiger partial charge in [-0.1, -0.05) is 36.4 Å². The van der Waals surface area contributed by atoms with E-state index in [0.29, 0.717) is 12.1 Å². The van der Waals surface area contributed by atoms with E-state index in [0.717, 1.165) is 24.8 Å². The molecule has 0 saturated heterocycles. The van der Waals surface area contributed by atoms with E-state index in [1.165, 1.54) is 11.1 Å². The fraction of sp³-hybridized carbons (Fsp3) is 0.333. The standard InChI is InChI=1S/C21H24N2O2/c1-23(2)21(25)19-9-5-6-15(12-19)14-22-20(24)18-11-10-16-7-3-4-8-17(16)13-18/h3-9,12,18H,10-11,13-14H2,1-2H3,(H,22,24). The van der Waals surface area contributed by atoms with Gasteiger partial charge in [-0.3, -0.25) is 9.59 Å². The first kappa shape index (κ1) is 17.2. The van der Waals surface area contributed by atoms with Crippen molar-refractivity contribution in [1.82, 2.24) is 10.2 Å². The summed E-state index contributed by atoms with van der Waals surface area (Å²) in [5.41, 5.74) is 4.23. The molecular weight excluding hydrogens is 312 g/mol. The first-order valence-electron chi connectivity index (χ1n) is 8.69. The molecular formula is C21H24N2O2. The lowest BCUT2D eigenvalue weighted by Gasteiger charge is -2.23. The van der Waals surface area contributed by atoms with Crippen molar-refractivity contribution in [1.29, 1.82) is 0 Å². The molecule has 0 aliphatic heterocycles. The summed E-state index contributed by atoms with van der Waals surface area (Å²) in [5, 5.41) is 3.03. The number of rotatable bonds is 4. The molecule has 0 fully saturated rings. The van der Waals surface area contributed by atoms with Crippen molar-refractivity contribution in [3.05, 3.63) is 70.8 Å². The average Bonchev–Trinajstić information content (AvgIpc) is 2.65. The SMILES string of the molecule is CN(C)C(=O)c1cccc(CNC(=O)C2CCc3ccccc3C2)c1. The average molecular weight is 336 g/mol. The Bertz CT molecular complexity index is 783. The second-order valence-corrected chi connectivity index (χ2v) is 6.83. The molecule has 0 heterocycles. The van der Waals surface area contributed by atoms with Gasteiger partial charge in [0.25, 0.3) is 5.91 Å². The smallest absolute Gasteiger partial charge is 0.253 e. The summed E-state index contributed by atoms with van der Waals surface area (Å²) in [4.78, 5) is 26.1. The molecule has 1 N–H and O–H groups in total. The number of nitrogens with one attached hydrogen (secondary N) is 1. The molecule has 2 amide bonds. The van der Waals surface area contributed by atoms with Crippen LogP contribution in [0.15, 0.2) is 48.5 Å². The highest BCUT2D eigenvalue weighted by Gasteiger charge is 2.24. The van der Waals surface area contributed by atoms with E-state index in [1.54, 1.807) is 25.1 Å². The Morgan fingerprint density at radius 3 is 2.60 bits per heavy atom. The Morgan fingerprint density at radius 1 is 1.08 bits per heavy atom. The third-order valence-corrected chi connectivity index (χ3v) is 4.76. The lowest BCUT2D eigenvalue weighted by molar-refractivity contribution is -0.125. The predicted molar refractivity (Wildman–Crippen MR) is 98.3 cm³/mol. The van der Waals surface area contributed by atoms with Gasteiger partial charge in [0, 0.05) is 32.1 Å². The first-order valence-corrected chi connectivity index (χ1v) is 8.69. The van der Waals surface area contributed by atoms with Crippen molar-refractivity contribution in [3.8, 4) is 0 Å². The van der Waals surface area contributed by atoms with Gasteiger partial charge in [0.15, 0.2) is 0 Å². The molecule has 1 aliphatic carbocycles. The lowest BCUT2D eigenvalue weighted by atomic mass is 9.83. The van der Waals surface area contributed by atoms with Crippen molar-refractivity contribution < 1.29 is 9.59 Å². The summed E-state index contributed by atoms with van der Waals surface area (Å²) in [6.45, 7) is 0.450. The summed E-state index contributed by atoms with van der Waals surface area (Å²) >= 11 is 0. The summed E-state index contributed by atoms with van der Waals surface area (Å²) in [6, 6.07) is 15.8. The van der Waals surface area contributed by atoms with Gasteiger partial charge < -0.3 is 10.2 Å². The lowest BCUT2D eigenvalue weighted by Crippen LogP contribution is -2.33. The monoisotopic (exact) mass is 336 g/mol. The Hall–Kier alpha value is -2.62. The molecule has 130 valence electrons. The molecule has 25 heavy (non-hydrogen) atoms. The molecule has 0 bridgehead atoms. The van der Waals surface area contributed by atoms with E-state index >= 15 is 0 Å². The largest absolute Gasteiger partial charge is 0.352 e. The first-order chi connectivity index (χ1) is 12.0. The van der Waals surface area contributed by atoms with Gasteiger partial charge in [-0.15, -0.1) is 0 Å².